The molecule has 0 amide bonds. The number of hydrogen-bond acceptors (Lipinski definition) is 2. The second-order valence-electron chi connectivity index (χ2n) is 4.45. The van der Waals surface area contributed by atoms with E-state index in [-0.39, 0.29) is 11.8 Å². The van der Waals surface area contributed by atoms with Crippen molar-refractivity contribution in [2.24, 2.45) is 5.92 Å². The fraction of sp³-hybridized carbons (Fsp3) is 0.636. The first-order valence-corrected chi connectivity index (χ1v) is 5.73. The zero-order valence-electron chi connectivity index (χ0n) is 9.03. The van der Waals surface area contributed by atoms with Crippen LogP contribution in [0.4, 0.5) is 0 Å². The number of halogens is 1. The Morgan fingerprint density at radius 2 is 2.33 bits per heavy atom. The number of rotatable bonds is 4. The van der Waals surface area contributed by atoms with Gasteiger partial charge in [0.1, 0.15) is 5.69 Å². The predicted molar refractivity (Wildman–Crippen MR) is 59.3 cm³/mol. The molecule has 3 nitrogen and oxygen atoms in total. The molecule has 4 heteroatoms. The lowest BCUT2D eigenvalue weighted by Gasteiger charge is -2.10. The molecule has 0 radical (unpaired) electrons. The van der Waals surface area contributed by atoms with E-state index in [2.05, 4.69) is 5.10 Å². The molecule has 0 atom stereocenters. The van der Waals surface area contributed by atoms with Crippen LogP contribution in [0.2, 0.25) is 5.02 Å². The predicted octanol–water partition coefficient (Wildman–Crippen LogP) is 3.10. The Bertz CT molecular complexity index is 380. The van der Waals surface area contributed by atoms with Gasteiger partial charge in [0.05, 0.1) is 11.2 Å². The van der Waals surface area contributed by atoms with Crippen molar-refractivity contribution in [1.82, 2.24) is 9.78 Å². The van der Waals surface area contributed by atoms with Crippen LogP contribution >= 0.6 is 11.6 Å². The maximum atomic E-state index is 12.0. The molecular weight excluding hydrogens is 212 g/mol. The van der Waals surface area contributed by atoms with Gasteiger partial charge in [-0.3, -0.25) is 9.48 Å². The summed E-state index contributed by atoms with van der Waals surface area (Å²) in [6.07, 6.45) is 4.54. The topological polar surface area (TPSA) is 34.9 Å². The molecule has 0 bridgehead atoms. The van der Waals surface area contributed by atoms with Gasteiger partial charge in [0.15, 0.2) is 5.78 Å². The Balaban J connectivity index is 2.23. The molecule has 1 fully saturated rings. The van der Waals surface area contributed by atoms with Crippen molar-refractivity contribution in [2.45, 2.75) is 39.2 Å². The van der Waals surface area contributed by atoms with Crippen molar-refractivity contribution in [3.8, 4) is 0 Å². The largest absolute Gasteiger partial charge is 0.292 e. The van der Waals surface area contributed by atoms with Crippen LogP contribution in [0.3, 0.4) is 0 Å². The number of carbonyl (C=O) groups is 1. The van der Waals surface area contributed by atoms with Crippen LogP contribution < -0.4 is 0 Å². The molecule has 15 heavy (non-hydrogen) atoms. The standard InChI is InChI=1S/C11H15ClN2O/c1-7(2)14-11(9(12)6-13-14)10(15)5-8-3-4-8/h6-8H,3-5H2,1-2H3. The maximum Gasteiger partial charge on any atom is 0.182 e. The lowest BCUT2D eigenvalue weighted by molar-refractivity contribution is 0.0964. The third-order valence-corrected chi connectivity index (χ3v) is 2.95. The Hall–Kier alpha value is -0.830. The Morgan fingerprint density at radius 3 is 2.87 bits per heavy atom. The maximum absolute atomic E-state index is 12.0. The quantitative estimate of drug-likeness (QED) is 0.740. The summed E-state index contributed by atoms with van der Waals surface area (Å²) in [7, 11) is 0. The van der Waals surface area contributed by atoms with E-state index in [0.29, 0.717) is 23.1 Å². The molecule has 1 aliphatic rings. The summed E-state index contributed by atoms with van der Waals surface area (Å²) in [4.78, 5) is 12.0. The molecule has 1 aromatic heterocycles. The van der Waals surface area contributed by atoms with Crippen LogP contribution in [-0.4, -0.2) is 15.6 Å². The van der Waals surface area contributed by atoms with Crippen molar-refractivity contribution >= 4 is 17.4 Å². The van der Waals surface area contributed by atoms with E-state index in [1.807, 2.05) is 13.8 Å². The minimum absolute atomic E-state index is 0.133. The first kappa shape index (κ1) is 10.7. The minimum atomic E-state index is 0.133. The van der Waals surface area contributed by atoms with E-state index in [1.165, 1.54) is 12.8 Å². The normalized spacial score (nSPS) is 16.0. The van der Waals surface area contributed by atoms with Crippen LogP contribution in [0, 0.1) is 5.92 Å². The fourth-order valence-electron chi connectivity index (χ4n) is 1.67. The van der Waals surface area contributed by atoms with Gasteiger partial charge in [-0.2, -0.15) is 5.10 Å². The van der Waals surface area contributed by atoms with Crippen molar-refractivity contribution in [2.75, 3.05) is 0 Å². The minimum Gasteiger partial charge on any atom is -0.292 e. The van der Waals surface area contributed by atoms with Crippen molar-refractivity contribution in [3.05, 3.63) is 16.9 Å². The molecule has 0 saturated heterocycles. The summed E-state index contributed by atoms with van der Waals surface area (Å²) in [6.45, 7) is 3.99. The van der Waals surface area contributed by atoms with Gasteiger partial charge in [-0.25, -0.2) is 0 Å². The van der Waals surface area contributed by atoms with Crippen molar-refractivity contribution in [3.63, 3.8) is 0 Å². The lowest BCUT2D eigenvalue weighted by Crippen LogP contribution is -2.13. The molecule has 0 unspecified atom stereocenters. The number of hydrogen-bond donors (Lipinski definition) is 0. The lowest BCUT2D eigenvalue weighted by atomic mass is 10.1. The molecule has 2 rings (SSSR count). The van der Waals surface area contributed by atoms with Gasteiger partial charge in [0.25, 0.3) is 0 Å². The highest BCUT2D eigenvalue weighted by Crippen LogP contribution is 2.34. The van der Waals surface area contributed by atoms with E-state index in [4.69, 9.17) is 11.6 Å². The highest BCUT2D eigenvalue weighted by atomic mass is 35.5. The Morgan fingerprint density at radius 1 is 1.67 bits per heavy atom. The highest BCUT2D eigenvalue weighted by molar-refractivity contribution is 6.33. The summed E-state index contributed by atoms with van der Waals surface area (Å²) >= 11 is 5.98. The monoisotopic (exact) mass is 226 g/mol. The second kappa shape index (κ2) is 3.97. The summed E-state index contributed by atoms with van der Waals surface area (Å²) in [5.41, 5.74) is 0.582. The Kier molecular flexibility index (Phi) is 2.83. The molecule has 0 aromatic carbocycles. The molecule has 0 aliphatic heterocycles. The van der Waals surface area contributed by atoms with Gasteiger partial charge in [0, 0.05) is 12.5 Å². The SMILES string of the molecule is CC(C)n1ncc(Cl)c1C(=O)CC1CC1. The van der Waals surface area contributed by atoms with Gasteiger partial charge < -0.3 is 0 Å². The first-order chi connectivity index (χ1) is 7.09. The molecule has 1 aliphatic carbocycles. The van der Waals surface area contributed by atoms with Crippen molar-refractivity contribution in [1.29, 1.82) is 0 Å². The zero-order chi connectivity index (χ0) is 11.0. The molecule has 1 aromatic rings. The van der Waals surface area contributed by atoms with E-state index in [0.717, 1.165) is 0 Å². The number of carbonyl (C=O) groups excluding carboxylic acids is 1. The number of ketones is 1. The average molecular weight is 227 g/mol. The van der Waals surface area contributed by atoms with E-state index < -0.39 is 0 Å². The van der Waals surface area contributed by atoms with Crippen LogP contribution in [0.5, 0.6) is 0 Å². The summed E-state index contributed by atoms with van der Waals surface area (Å²) in [5.74, 6) is 0.720. The first-order valence-electron chi connectivity index (χ1n) is 5.35. The summed E-state index contributed by atoms with van der Waals surface area (Å²) < 4.78 is 1.72. The number of aromatic nitrogens is 2. The fourth-order valence-corrected chi connectivity index (χ4v) is 1.91. The smallest absolute Gasteiger partial charge is 0.182 e. The van der Waals surface area contributed by atoms with Crippen LogP contribution in [-0.2, 0) is 0 Å². The summed E-state index contributed by atoms with van der Waals surface area (Å²) in [6, 6.07) is 0.177. The third-order valence-electron chi connectivity index (χ3n) is 2.68. The van der Waals surface area contributed by atoms with Crippen LogP contribution in [0.15, 0.2) is 6.20 Å². The van der Waals surface area contributed by atoms with Crippen LogP contribution in [0.25, 0.3) is 0 Å². The summed E-state index contributed by atoms with van der Waals surface area (Å²) in [5, 5.41) is 4.61. The number of Topliss-reactive ketones (excluding diaryl/α,β-unsaturated/α-hetero) is 1. The Labute approximate surface area is 94.4 Å². The molecule has 0 spiro atoms. The second-order valence-corrected chi connectivity index (χ2v) is 4.86. The van der Waals surface area contributed by atoms with Gasteiger partial charge in [-0.15, -0.1) is 0 Å². The third kappa shape index (κ3) is 2.23. The molecule has 1 heterocycles. The molecule has 82 valence electrons. The van der Waals surface area contributed by atoms with E-state index >= 15 is 0 Å². The number of nitrogens with zero attached hydrogens (tertiary/aromatic N) is 2. The molecular formula is C11H15ClN2O. The van der Waals surface area contributed by atoms with Crippen molar-refractivity contribution < 1.29 is 4.79 Å². The van der Waals surface area contributed by atoms with Gasteiger partial charge in [-0.1, -0.05) is 11.6 Å². The average Bonchev–Trinajstić information content (AvgIpc) is 2.86. The zero-order valence-corrected chi connectivity index (χ0v) is 9.79. The van der Waals surface area contributed by atoms with Gasteiger partial charge in [-0.05, 0) is 32.6 Å². The van der Waals surface area contributed by atoms with Crippen LogP contribution in [0.1, 0.15) is 49.6 Å². The van der Waals surface area contributed by atoms with E-state index in [1.54, 1.807) is 10.9 Å². The highest BCUT2D eigenvalue weighted by Gasteiger charge is 2.28. The molecule has 1 saturated carbocycles. The van der Waals surface area contributed by atoms with Gasteiger partial charge in [0.2, 0.25) is 0 Å². The van der Waals surface area contributed by atoms with E-state index in [9.17, 15) is 4.79 Å². The van der Waals surface area contributed by atoms with Gasteiger partial charge >= 0.3 is 0 Å². The molecule has 0 N–H and O–H groups in total.